The fraction of sp³-hybridized carbons (Fsp3) is 0.333. The summed E-state index contributed by atoms with van der Waals surface area (Å²) in [6.45, 7) is 6.04. The average Bonchev–Trinajstić information content (AvgIpc) is 3.12. The minimum Gasteiger partial charge on any atom is -0.361 e. The van der Waals surface area contributed by atoms with Crippen molar-refractivity contribution in [3.8, 4) is 0 Å². The number of aromatic amines is 1. The molecular weight excluding hydrogens is 388 g/mol. The number of rotatable bonds is 9. The van der Waals surface area contributed by atoms with Crippen molar-refractivity contribution in [3.05, 3.63) is 94.2 Å². The maximum Gasteiger partial charge on any atom is 0.0929 e. The zero-order chi connectivity index (χ0) is 21.5. The molecule has 3 aromatic rings. The number of alkyl halides is 1. The lowest BCUT2D eigenvalue weighted by Gasteiger charge is -2.13. The summed E-state index contributed by atoms with van der Waals surface area (Å²) >= 11 is 0. The second-order valence-corrected chi connectivity index (χ2v) is 8.92. The number of hydrogen-bond acceptors (Lipinski definition) is 0. The van der Waals surface area contributed by atoms with E-state index in [1.807, 2.05) is 19.1 Å². The first-order chi connectivity index (χ1) is 14.5. The quantitative estimate of drug-likeness (QED) is 0.269. The summed E-state index contributed by atoms with van der Waals surface area (Å²) in [7, 11) is 3.01. The van der Waals surface area contributed by atoms with Gasteiger partial charge in [0.25, 0.3) is 0 Å². The first-order valence-corrected chi connectivity index (χ1v) is 11.5. The zero-order valence-corrected chi connectivity index (χ0v) is 19.5. The predicted octanol–water partition coefficient (Wildman–Crippen LogP) is 7.74. The van der Waals surface area contributed by atoms with E-state index in [2.05, 4.69) is 76.7 Å². The van der Waals surface area contributed by atoms with Gasteiger partial charge in [0.2, 0.25) is 0 Å². The van der Waals surface area contributed by atoms with Gasteiger partial charge in [-0.1, -0.05) is 42.5 Å². The highest BCUT2D eigenvalue weighted by molar-refractivity contribution is 7.17. The Morgan fingerprint density at radius 1 is 1.13 bits per heavy atom. The standard InChI is InChI=1S/C27H33FNP/c1-4-6-21(7-5-14-28)17-22-8-10-23(11-9-22)27(30)13-12-24-18-29-26-16-20(3)19(2)15-25(24)26/h4,6-11,15-16,18,27,29H,5,12-14,17,30H2,1-3H3/b6-4-,21-7+. The van der Waals surface area contributed by atoms with Crippen molar-refractivity contribution in [3.63, 3.8) is 0 Å². The zero-order valence-electron chi connectivity index (χ0n) is 18.3. The van der Waals surface area contributed by atoms with Gasteiger partial charge in [-0.2, -0.15) is 0 Å². The Kier molecular flexibility index (Phi) is 8.05. The van der Waals surface area contributed by atoms with Gasteiger partial charge >= 0.3 is 0 Å². The van der Waals surface area contributed by atoms with E-state index in [9.17, 15) is 4.39 Å². The minimum absolute atomic E-state index is 0.301. The van der Waals surface area contributed by atoms with Crippen LogP contribution in [0.1, 0.15) is 53.2 Å². The van der Waals surface area contributed by atoms with Crippen LogP contribution in [0.15, 0.2) is 66.4 Å². The third kappa shape index (κ3) is 5.70. The van der Waals surface area contributed by atoms with Crippen LogP contribution in [0.4, 0.5) is 4.39 Å². The molecule has 0 saturated carbocycles. The van der Waals surface area contributed by atoms with E-state index >= 15 is 0 Å². The number of aryl methyl sites for hydroxylation is 3. The van der Waals surface area contributed by atoms with Gasteiger partial charge < -0.3 is 4.98 Å². The second-order valence-electron chi connectivity index (χ2n) is 8.12. The normalized spacial score (nSPS) is 13.4. The maximum atomic E-state index is 12.5. The number of halogens is 1. The number of aromatic nitrogens is 1. The van der Waals surface area contributed by atoms with Crippen LogP contribution < -0.4 is 0 Å². The smallest absolute Gasteiger partial charge is 0.0929 e. The van der Waals surface area contributed by atoms with E-state index in [0.29, 0.717) is 12.1 Å². The van der Waals surface area contributed by atoms with Crippen LogP contribution in [0.3, 0.4) is 0 Å². The summed E-state index contributed by atoms with van der Waals surface area (Å²) in [5.74, 6) is 0. The predicted molar refractivity (Wildman–Crippen MR) is 132 cm³/mol. The Balaban J connectivity index is 1.63. The average molecular weight is 422 g/mol. The van der Waals surface area contributed by atoms with Gasteiger partial charge in [-0.3, -0.25) is 4.39 Å². The molecule has 1 heterocycles. The van der Waals surface area contributed by atoms with Crippen molar-refractivity contribution in [1.82, 2.24) is 4.98 Å². The summed E-state index contributed by atoms with van der Waals surface area (Å²) in [4.78, 5) is 3.43. The third-order valence-corrected chi connectivity index (χ3v) is 6.54. The molecule has 1 N–H and O–H groups in total. The Morgan fingerprint density at radius 2 is 1.87 bits per heavy atom. The van der Waals surface area contributed by atoms with Crippen LogP contribution in [-0.4, -0.2) is 11.7 Å². The SMILES string of the molecule is C/C=C\C(=C/CCF)Cc1ccc(C(P)CCc2c[nH]c3cc(C)c(C)cc23)cc1. The van der Waals surface area contributed by atoms with E-state index in [0.717, 1.165) is 19.3 Å². The number of nitrogens with one attached hydrogen (secondary N) is 1. The molecule has 3 rings (SSSR count). The molecule has 0 aliphatic heterocycles. The van der Waals surface area contributed by atoms with Gasteiger partial charge in [-0.05, 0) is 97.6 Å². The molecule has 3 heteroatoms. The van der Waals surface area contributed by atoms with E-state index in [-0.39, 0.29) is 6.67 Å². The van der Waals surface area contributed by atoms with Crippen LogP contribution in [0, 0.1) is 13.8 Å². The topological polar surface area (TPSA) is 15.8 Å². The molecule has 1 aromatic heterocycles. The lowest BCUT2D eigenvalue weighted by molar-refractivity contribution is 0.500. The molecular formula is C27H33FNP. The molecule has 0 amide bonds. The molecule has 0 fully saturated rings. The van der Waals surface area contributed by atoms with Gasteiger partial charge in [-0.15, -0.1) is 9.24 Å². The van der Waals surface area contributed by atoms with Crippen molar-refractivity contribution in [2.24, 2.45) is 0 Å². The highest BCUT2D eigenvalue weighted by Crippen LogP contribution is 2.31. The number of hydrogen-bond donors (Lipinski definition) is 1. The van der Waals surface area contributed by atoms with Crippen molar-refractivity contribution in [2.75, 3.05) is 6.67 Å². The van der Waals surface area contributed by atoms with Crippen LogP contribution in [-0.2, 0) is 12.8 Å². The molecule has 0 aliphatic carbocycles. The molecule has 1 nitrogen and oxygen atoms in total. The first-order valence-electron chi connectivity index (χ1n) is 10.8. The van der Waals surface area contributed by atoms with Crippen molar-refractivity contribution in [1.29, 1.82) is 0 Å². The number of H-pyrrole nitrogens is 1. The summed E-state index contributed by atoms with van der Waals surface area (Å²) in [5, 5.41) is 1.35. The largest absolute Gasteiger partial charge is 0.361 e. The van der Waals surface area contributed by atoms with Gasteiger partial charge in [0.05, 0.1) is 6.67 Å². The van der Waals surface area contributed by atoms with E-state index in [1.54, 1.807) is 0 Å². The highest BCUT2D eigenvalue weighted by atomic mass is 31.0. The fourth-order valence-electron chi connectivity index (χ4n) is 3.90. The van der Waals surface area contributed by atoms with Crippen LogP contribution >= 0.6 is 9.24 Å². The first kappa shape index (κ1) is 22.5. The highest BCUT2D eigenvalue weighted by Gasteiger charge is 2.10. The Hall–Kier alpha value is -2.18. The Labute approximate surface area is 182 Å². The summed E-state index contributed by atoms with van der Waals surface area (Å²) in [6.07, 6.45) is 11.7. The summed E-state index contributed by atoms with van der Waals surface area (Å²) in [5.41, 5.74) is 9.51. The molecule has 2 unspecified atom stereocenters. The van der Waals surface area contributed by atoms with Gasteiger partial charge in [0.15, 0.2) is 0 Å². The Bertz CT molecular complexity index is 1030. The number of benzene rings is 2. The van der Waals surface area contributed by atoms with E-state index < -0.39 is 0 Å². The van der Waals surface area contributed by atoms with Crippen LogP contribution in [0.2, 0.25) is 0 Å². The fourth-order valence-corrected chi connectivity index (χ4v) is 4.29. The van der Waals surface area contributed by atoms with E-state index in [4.69, 9.17) is 0 Å². The maximum absolute atomic E-state index is 12.5. The molecule has 0 saturated heterocycles. The summed E-state index contributed by atoms with van der Waals surface area (Å²) < 4.78 is 12.5. The van der Waals surface area contributed by atoms with E-state index in [1.165, 1.54) is 44.3 Å². The molecule has 0 aliphatic rings. The van der Waals surface area contributed by atoms with Gasteiger partial charge in [-0.25, -0.2) is 0 Å². The van der Waals surface area contributed by atoms with Gasteiger partial charge in [0, 0.05) is 17.1 Å². The molecule has 2 atom stereocenters. The molecule has 30 heavy (non-hydrogen) atoms. The molecule has 0 spiro atoms. The van der Waals surface area contributed by atoms with Crippen molar-refractivity contribution in [2.45, 2.75) is 52.1 Å². The van der Waals surface area contributed by atoms with Crippen LogP contribution in [0.25, 0.3) is 10.9 Å². The second kappa shape index (κ2) is 10.7. The lowest BCUT2D eigenvalue weighted by atomic mass is 9.98. The van der Waals surface area contributed by atoms with Crippen molar-refractivity contribution < 1.29 is 4.39 Å². The van der Waals surface area contributed by atoms with Gasteiger partial charge in [0.1, 0.15) is 0 Å². The monoisotopic (exact) mass is 421 g/mol. The summed E-state index contributed by atoms with van der Waals surface area (Å²) in [6, 6.07) is 13.4. The Morgan fingerprint density at radius 3 is 2.57 bits per heavy atom. The molecule has 0 bridgehead atoms. The number of allylic oxidation sites excluding steroid dienone is 4. The minimum atomic E-state index is -0.301. The van der Waals surface area contributed by atoms with Crippen molar-refractivity contribution >= 4 is 20.1 Å². The lowest BCUT2D eigenvalue weighted by Crippen LogP contribution is -1.95. The van der Waals surface area contributed by atoms with Crippen LogP contribution in [0.5, 0.6) is 0 Å². The molecule has 158 valence electrons. The molecule has 0 radical (unpaired) electrons. The molecule has 2 aromatic carbocycles. The number of fused-ring (bicyclic) bond motifs is 1. The third-order valence-electron chi connectivity index (χ3n) is 5.82.